The predicted molar refractivity (Wildman–Crippen MR) is 140 cm³/mol. The molecule has 196 valence electrons. The zero-order valence-electron chi connectivity index (χ0n) is 21.2. The third-order valence-electron chi connectivity index (χ3n) is 7.09. The lowest BCUT2D eigenvalue weighted by molar-refractivity contribution is -0.0198. The van der Waals surface area contributed by atoms with Gasteiger partial charge < -0.3 is 15.8 Å². The lowest BCUT2D eigenvalue weighted by Crippen LogP contribution is -2.46. The fourth-order valence-corrected chi connectivity index (χ4v) is 5.38. The molecule has 1 fully saturated rings. The smallest absolute Gasteiger partial charge is 0.229 e. The van der Waals surface area contributed by atoms with Gasteiger partial charge in [0.15, 0.2) is 0 Å². The number of nitriles is 1. The van der Waals surface area contributed by atoms with E-state index in [1.54, 1.807) is 37.6 Å². The molecule has 1 aromatic carbocycles. The summed E-state index contributed by atoms with van der Waals surface area (Å²) in [5, 5.41) is 16.6. The van der Waals surface area contributed by atoms with Gasteiger partial charge in [-0.3, -0.25) is 4.98 Å². The van der Waals surface area contributed by atoms with Crippen LogP contribution in [0, 0.1) is 35.8 Å². The number of halogens is 2. The number of hydrogen-bond donors (Lipinski definition) is 2. The molecule has 1 aliphatic carbocycles. The van der Waals surface area contributed by atoms with Gasteiger partial charge in [0.1, 0.15) is 11.6 Å². The highest BCUT2D eigenvalue weighted by Gasteiger charge is 2.35. The normalized spacial score (nSPS) is 21.4. The number of hydrogen-bond acceptors (Lipinski definition) is 7. The molecule has 4 atom stereocenters. The lowest BCUT2D eigenvalue weighted by Gasteiger charge is -2.39. The molecular weight excluding hydrogens is 488 g/mol. The number of anilines is 2. The molecule has 0 amide bonds. The van der Waals surface area contributed by atoms with Crippen LogP contribution in [0.1, 0.15) is 43.2 Å². The van der Waals surface area contributed by atoms with Crippen LogP contribution in [-0.2, 0) is 4.74 Å². The van der Waals surface area contributed by atoms with Gasteiger partial charge in [-0.05, 0) is 73.1 Å². The first kappa shape index (κ1) is 25.7. The summed E-state index contributed by atoms with van der Waals surface area (Å²) in [6.45, 7) is 4.14. The van der Waals surface area contributed by atoms with Gasteiger partial charge in [-0.1, -0.05) is 6.92 Å². The molecule has 10 heteroatoms. The molecule has 4 aromatic rings. The second kappa shape index (κ2) is 10.8. The van der Waals surface area contributed by atoms with E-state index in [-0.39, 0.29) is 35.2 Å². The Labute approximate surface area is 219 Å². The van der Waals surface area contributed by atoms with E-state index in [0.717, 1.165) is 24.1 Å². The first-order valence-electron chi connectivity index (χ1n) is 12.6. The van der Waals surface area contributed by atoms with Crippen molar-refractivity contribution < 1.29 is 13.5 Å². The summed E-state index contributed by atoms with van der Waals surface area (Å²) in [7, 11) is 0. The van der Waals surface area contributed by atoms with E-state index in [9.17, 15) is 8.78 Å². The highest BCUT2D eigenvalue weighted by atomic mass is 19.1. The molecule has 0 bridgehead atoms. The number of imidazole rings is 1. The average Bonchev–Trinajstić information content (AvgIpc) is 3.27. The summed E-state index contributed by atoms with van der Waals surface area (Å²) >= 11 is 0. The summed E-state index contributed by atoms with van der Waals surface area (Å²) in [4.78, 5) is 8.75. The largest absolute Gasteiger partial charge is 0.375 e. The Morgan fingerprint density at radius 3 is 2.71 bits per heavy atom. The molecule has 3 aromatic heterocycles. The Hall–Kier alpha value is -3.94. The Kier molecular flexibility index (Phi) is 7.31. The minimum absolute atomic E-state index is 0.0979. The number of aromatic nitrogens is 4. The highest BCUT2D eigenvalue weighted by Crippen LogP contribution is 2.40. The SMILES string of the molecule is Cc1cc(F)c(-c2ccc3cnc(Nc4cnccc4C4CC(C)C(OCCC#N)C(N)C4)n3n2)c(F)c1. The van der Waals surface area contributed by atoms with Crippen LogP contribution in [0.3, 0.4) is 0 Å². The zero-order valence-corrected chi connectivity index (χ0v) is 21.2. The van der Waals surface area contributed by atoms with Crippen molar-refractivity contribution >= 4 is 17.2 Å². The molecule has 1 saturated carbocycles. The third kappa shape index (κ3) is 5.08. The van der Waals surface area contributed by atoms with Crippen LogP contribution >= 0.6 is 0 Å². The van der Waals surface area contributed by atoms with Gasteiger partial charge in [-0.2, -0.15) is 14.9 Å². The topological polar surface area (TPSA) is 114 Å². The number of pyridine rings is 1. The van der Waals surface area contributed by atoms with Gasteiger partial charge in [0.25, 0.3) is 0 Å². The Morgan fingerprint density at radius 1 is 1.18 bits per heavy atom. The summed E-state index contributed by atoms with van der Waals surface area (Å²) < 4.78 is 36.7. The summed E-state index contributed by atoms with van der Waals surface area (Å²) in [5.41, 5.74) is 9.45. The van der Waals surface area contributed by atoms with Crippen molar-refractivity contribution in [2.45, 2.75) is 51.2 Å². The first-order valence-corrected chi connectivity index (χ1v) is 12.6. The fourth-order valence-electron chi connectivity index (χ4n) is 5.38. The molecule has 5 rings (SSSR count). The Morgan fingerprint density at radius 2 is 1.97 bits per heavy atom. The summed E-state index contributed by atoms with van der Waals surface area (Å²) in [6.07, 6.45) is 6.94. The zero-order chi connectivity index (χ0) is 26.8. The maximum absolute atomic E-state index is 14.6. The van der Waals surface area contributed by atoms with Gasteiger partial charge in [0.2, 0.25) is 5.95 Å². The van der Waals surface area contributed by atoms with Crippen LogP contribution in [0.4, 0.5) is 20.4 Å². The molecule has 0 aliphatic heterocycles. The van der Waals surface area contributed by atoms with Crippen molar-refractivity contribution in [1.82, 2.24) is 19.6 Å². The number of fused-ring (bicyclic) bond motifs is 1. The molecule has 3 heterocycles. The fraction of sp³-hybridized carbons (Fsp3) is 0.357. The van der Waals surface area contributed by atoms with Crippen LogP contribution in [0.2, 0.25) is 0 Å². The van der Waals surface area contributed by atoms with E-state index in [2.05, 4.69) is 33.4 Å². The van der Waals surface area contributed by atoms with Crippen LogP contribution in [0.5, 0.6) is 0 Å². The van der Waals surface area contributed by atoms with Crippen LogP contribution < -0.4 is 11.1 Å². The van der Waals surface area contributed by atoms with Crippen molar-refractivity contribution in [2.24, 2.45) is 11.7 Å². The summed E-state index contributed by atoms with van der Waals surface area (Å²) in [6, 6.07) is 9.77. The van der Waals surface area contributed by atoms with Crippen molar-refractivity contribution in [1.29, 1.82) is 5.26 Å². The van der Waals surface area contributed by atoms with Crippen LogP contribution in [-0.4, -0.2) is 38.3 Å². The van der Waals surface area contributed by atoms with Gasteiger partial charge in [0, 0.05) is 12.2 Å². The van der Waals surface area contributed by atoms with Gasteiger partial charge in [-0.25, -0.2) is 13.8 Å². The van der Waals surface area contributed by atoms with E-state index < -0.39 is 11.6 Å². The van der Waals surface area contributed by atoms with E-state index in [0.29, 0.717) is 30.1 Å². The first-order chi connectivity index (χ1) is 18.4. The molecule has 8 nitrogen and oxygen atoms in total. The van der Waals surface area contributed by atoms with Crippen molar-refractivity contribution in [3.8, 4) is 17.3 Å². The molecule has 0 saturated heterocycles. The van der Waals surface area contributed by atoms with Gasteiger partial charge in [-0.15, -0.1) is 0 Å². The van der Waals surface area contributed by atoms with Crippen molar-refractivity contribution in [2.75, 3.05) is 11.9 Å². The van der Waals surface area contributed by atoms with Gasteiger partial charge >= 0.3 is 0 Å². The molecular formula is C28H29F2N7O. The minimum Gasteiger partial charge on any atom is -0.375 e. The molecule has 0 spiro atoms. The Balaban J connectivity index is 1.42. The standard InChI is InChI=1S/C28H29F2N7O/c1-16-10-21(29)26(22(30)11-16)24-5-4-19-14-34-28(37(19)36-24)35-25-15-33-8-6-20(25)18-12-17(2)27(23(32)13-18)38-9-3-7-31/h4-6,8,10-11,14-15,17-18,23,27H,3,9,12-13,32H2,1-2H3,(H,34,35). The number of nitrogens with one attached hydrogen (secondary N) is 1. The van der Waals surface area contributed by atoms with E-state index >= 15 is 0 Å². The summed E-state index contributed by atoms with van der Waals surface area (Å²) in [5.74, 6) is -0.576. The number of nitrogens with two attached hydrogens (primary N) is 1. The van der Waals surface area contributed by atoms with E-state index in [4.69, 9.17) is 15.7 Å². The van der Waals surface area contributed by atoms with Crippen molar-refractivity contribution in [3.05, 3.63) is 71.7 Å². The second-order valence-electron chi connectivity index (χ2n) is 9.88. The number of rotatable bonds is 7. The number of benzene rings is 1. The molecule has 0 radical (unpaired) electrons. The van der Waals surface area contributed by atoms with Crippen molar-refractivity contribution in [3.63, 3.8) is 0 Å². The molecule has 38 heavy (non-hydrogen) atoms. The Bertz CT molecular complexity index is 1460. The number of nitrogens with zero attached hydrogens (tertiary/aromatic N) is 5. The number of ether oxygens (including phenoxy) is 1. The average molecular weight is 518 g/mol. The quantitative estimate of drug-likeness (QED) is 0.321. The van der Waals surface area contributed by atoms with Crippen LogP contribution in [0.25, 0.3) is 16.8 Å². The number of aryl methyl sites for hydroxylation is 1. The molecule has 4 unspecified atom stereocenters. The lowest BCUT2D eigenvalue weighted by atomic mass is 9.74. The van der Waals surface area contributed by atoms with Gasteiger partial charge in [0.05, 0.1) is 60.1 Å². The minimum atomic E-state index is -0.670. The predicted octanol–water partition coefficient (Wildman–Crippen LogP) is 5.26. The van der Waals surface area contributed by atoms with E-state index in [1.165, 1.54) is 16.6 Å². The monoisotopic (exact) mass is 517 g/mol. The van der Waals surface area contributed by atoms with E-state index in [1.807, 2.05) is 6.07 Å². The maximum Gasteiger partial charge on any atom is 0.229 e. The molecule has 3 N–H and O–H groups in total. The second-order valence-corrected chi connectivity index (χ2v) is 9.88. The highest BCUT2D eigenvalue weighted by molar-refractivity contribution is 5.66. The maximum atomic E-state index is 14.6. The molecule has 1 aliphatic rings. The third-order valence-corrected chi connectivity index (χ3v) is 7.09. The van der Waals surface area contributed by atoms with Crippen LogP contribution in [0.15, 0.2) is 48.9 Å².